The highest BCUT2D eigenvalue weighted by atomic mass is 19.1. The third-order valence-electron chi connectivity index (χ3n) is 2.48. The van der Waals surface area contributed by atoms with Gasteiger partial charge in [-0.15, -0.1) is 0 Å². The lowest BCUT2D eigenvalue weighted by atomic mass is 10.1. The van der Waals surface area contributed by atoms with Gasteiger partial charge in [-0.3, -0.25) is 4.79 Å². The minimum absolute atomic E-state index is 0.175. The summed E-state index contributed by atoms with van der Waals surface area (Å²) in [6.07, 6.45) is 0.715. The van der Waals surface area contributed by atoms with Crippen LogP contribution in [-0.2, 0) is 0 Å². The number of carbonyl (C=O) groups excluding carboxylic acids is 1. The van der Waals surface area contributed by atoms with Crippen molar-refractivity contribution in [3.8, 4) is 5.75 Å². The zero-order chi connectivity index (χ0) is 11.0. The Morgan fingerprint density at radius 3 is 2.80 bits per heavy atom. The third kappa shape index (κ3) is 1.29. The van der Waals surface area contributed by atoms with Crippen LogP contribution in [0.3, 0.4) is 0 Å². The molecule has 0 spiro atoms. The van der Waals surface area contributed by atoms with Crippen LogP contribution in [0.4, 0.5) is 4.39 Å². The first kappa shape index (κ1) is 9.71. The van der Waals surface area contributed by atoms with Crippen LogP contribution in [0.2, 0.25) is 0 Å². The number of ether oxygens (including phenoxy) is 1. The smallest absolute Gasteiger partial charge is 0.166 e. The van der Waals surface area contributed by atoms with Gasteiger partial charge in [0.25, 0.3) is 0 Å². The van der Waals surface area contributed by atoms with Gasteiger partial charge >= 0.3 is 0 Å². The number of methoxy groups -OCH3 is 1. The average Bonchev–Trinajstić information content (AvgIpc) is 2.56. The molecule has 1 aromatic carbocycles. The van der Waals surface area contributed by atoms with Crippen LogP contribution in [-0.4, -0.2) is 18.4 Å². The number of hydrogen-bond donors (Lipinski definition) is 1. The number of aryl methyl sites for hydroxylation is 1. The average molecular weight is 207 g/mol. The highest BCUT2D eigenvalue weighted by Crippen LogP contribution is 2.32. The summed E-state index contributed by atoms with van der Waals surface area (Å²) < 4.78 is 18.4. The molecule has 0 aliphatic carbocycles. The molecule has 1 N–H and O–H groups in total. The summed E-state index contributed by atoms with van der Waals surface area (Å²) in [5, 5.41) is 0.625. The Hall–Kier alpha value is -1.84. The Morgan fingerprint density at radius 2 is 2.20 bits per heavy atom. The van der Waals surface area contributed by atoms with E-state index in [-0.39, 0.29) is 5.75 Å². The number of nitrogens with one attached hydrogen (secondary N) is 1. The molecule has 0 amide bonds. The molecule has 15 heavy (non-hydrogen) atoms. The second kappa shape index (κ2) is 3.38. The highest BCUT2D eigenvalue weighted by Gasteiger charge is 2.14. The maximum Gasteiger partial charge on any atom is 0.166 e. The van der Waals surface area contributed by atoms with Crippen LogP contribution in [0.25, 0.3) is 10.9 Å². The number of aromatic amines is 1. The largest absolute Gasteiger partial charge is 0.493 e. The van der Waals surface area contributed by atoms with Gasteiger partial charge in [0.05, 0.1) is 18.3 Å². The fourth-order valence-electron chi connectivity index (χ4n) is 1.72. The number of benzene rings is 1. The molecule has 0 aliphatic rings. The van der Waals surface area contributed by atoms with Crippen LogP contribution in [0, 0.1) is 12.7 Å². The lowest BCUT2D eigenvalue weighted by Gasteiger charge is -2.03. The first-order valence-corrected chi connectivity index (χ1v) is 4.49. The molecule has 0 saturated heterocycles. The van der Waals surface area contributed by atoms with Gasteiger partial charge in [0, 0.05) is 5.39 Å². The molecule has 0 fully saturated rings. The zero-order valence-corrected chi connectivity index (χ0v) is 8.43. The van der Waals surface area contributed by atoms with E-state index >= 15 is 0 Å². The summed E-state index contributed by atoms with van der Waals surface area (Å²) in [5.74, 6) is -0.251. The Morgan fingerprint density at radius 1 is 1.47 bits per heavy atom. The van der Waals surface area contributed by atoms with Gasteiger partial charge in [0.15, 0.2) is 17.9 Å². The molecular formula is C11H10FNO2. The van der Waals surface area contributed by atoms with Gasteiger partial charge in [0.1, 0.15) is 0 Å². The fraction of sp³-hybridized carbons (Fsp3) is 0.182. The predicted octanol–water partition coefficient (Wildman–Crippen LogP) is 2.44. The van der Waals surface area contributed by atoms with Crippen molar-refractivity contribution in [2.24, 2.45) is 0 Å². The van der Waals surface area contributed by atoms with Crippen molar-refractivity contribution < 1.29 is 13.9 Å². The van der Waals surface area contributed by atoms with E-state index in [1.807, 2.05) is 0 Å². The van der Waals surface area contributed by atoms with Gasteiger partial charge in [-0.25, -0.2) is 4.39 Å². The molecule has 3 nitrogen and oxygen atoms in total. The van der Waals surface area contributed by atoms with E-state index in [0.717, 1.165) is 0 Å². The molecule has 2 rings (SSSR count). The van der Waals surface area contributed by atoms with Crippen LogP contribution in [0.15, 0.2) is 12.1 Å². The van der Waals surface area contributed by atoms with Gasteiger partial charge in [-0.2, -0.15) is 0 Å². The van der Waals surface area contributed by atoms with Gasteiger partial charge in [-0.05, 0) is 24.6 Å². The number of rotatable bonds is 2. The molecular weight excluding hydrogens is 197 g/mol. The number of hydrogen-bond acceptors (Lipinski definition) is 2. The number of aromatic nitrogens is 1. The number of halogens is 1. The van der Waals surface area contributed by atoms with E-state index in [4.69, 9.17) is 4.74 Å². The quantitative estimate of drug-likeness (QED) is 0.768. The molecule has 78 valence electrons. The third-order valence-corrected chi connectivity index (χ3v) is 2.48. The van der Waals surface area contributed by atoms with E-state index in [9.17, 15) is 9.18 Å². The fourth-order valence-corrected chi connectivity index (χ4v) is 1.72. The molecule has 0 bridgehead atoms. The molecule has 1 heterocycles. The first-order valence-electron chi connectivity index (χ1n) is 4.49. The van der Waals surface area contributed by atoms with Crippen molar-refractivity contribution in [1.82, 2.24) is 4.98 Å². The second-order valence-corrected chi connectivity index (χ2v) is 3.28. The van der Waals surface area contributed by atoms with E-state index in [1.54, 1.807) is 13.0 Å². The lowest BCUT2D eigenvalue weighted by Crippen LogP contribution is -1.89. The Labute approximate surface area is 85.9 Å². The van der Waals surface area contributed by atoms with Gasteiger partial charge in [0.2, 0.25) is 0 Å². The highest BCUT2D eigenvalue weighted by molar-refractivity contribution is 5.96. The molecule has 0 saturated carbocycles. The molecule has 2 aromatic rings. The Kier molecular flexibility index (Phi) is 2.19. The van der Waals surface area contributed by atoms with Crippen molar-refractivity contribution in [1.29, 1.82) is 0 Å². The monoisotopic (exact) mass is 207 g/mol. The van der Waals surface area contributed by atoms with E-state index in [0.29, 0.717) is 28.4 Å². The molecule has 0 aliphatic heterocycles. The van der Waals surface area contributed by atoms with Crippen molar-refractivity contribution in [2.75, 3.05) is 7.11 Å². The first-order chi connectivity index (χ1) is 7.19. The SMILES string of the molecule is COc1c(F)ccc2[nH]c(C=O)c(C)c12. The zero-order valence-electron chi connectivity index (χ0n) is 8.43. The minimum Gasteiger partial charge on any atom is -0.493 e. The summed E-state index contributed by atoms with van der Waals surface area (Å²) in [4.78, 5) is 13.6. The van der Waals surface area contributed by atoms with Crippen molar-refractivity contribution >= 4 is 17.2 Å². The Bertz CT molecular complexity index is 531. The van der Waals surface area contributed by atoms with E-state index in [2.05, 4.69) is 4.98 Å². The topological polar surface area (TPSA) is 42.1 Å². The van der Waals surface area contributed by atoms with Crippen LogP contribution >= 0.6 is 0 Å². The molecule has 0 atom stereocenters. The van der Waals surface area contributed by atoms with Gasteiger partial charge < -0.3 is 9.72 Å². The maximum atomic E-state index is 13.4. The normalized spacial score (nSPS) is 10.6. The Balaban J connectivity index is 2.90. The number of carbonyl (C=O) groups is 1. The molecule has 4 heteroatoms. The van der Waals surface area contributed by atoms with Crippen molar-refractivity contribution in [2.45, 2.75) is 6.92 Å². The van der Waals surface area contributed by atoms with E-state index < -0.39 is 5.82 Å². The number of H-pyrrole nitrogens is 1. The lowest BCUT2D eigenvalue weighted by molar-refractivity contribution is 0.111. The number of fused-ring (bicyclic) bond motifs is 1. The summed E-state index contributed by atoms with van der Waals surface area (Å²) in [6.45, 7) is 1.75. The van der Waals surface area contributed by atoms with Crippen molar-refractivity contribution in [3.63, 3.8) is 0 Å². The van der Waals surface area contributed by atoms with Crippen LogP contribution < -0.4 is 4.74 Å². The standard InChI is InChI=1S/C11H10FNO2/c1-6-9(5-14)13-8-4-3-7(12)11(15-2)10(6)8/h3-5,13H,1-2H3. The second-order valence-electron chi connectivity index (χ2n) is 3.28. The summed E-state index contributed by atoms with van der Waals surface area (Å²) in [6, 6.07) is 2.90. The number of aldehydes is 1. The summed E-state index contributed by atoms with van der Waals surface area (Å²) in [7, 11) is 1.41. The molecule has 0 radical (unpaired) electrons. The minimum atomic E-state index is -0.426. The van der Waals surface area contributed by atoms with Crippen molar-refractivity contribution in [3.05, 3.63) is 29.2 Å². The van der Waals surface area contributed by atoms with Crippen LogP contribution in [0.1, 0.15) is 16.1 Å². The van der Waals surface area contributed by atoms with Crippen LogP contribution in [0.5, 0.6) is 5.75 Å². The summed E-state index contributed by atoms with van der Waals surface area (Å²) in [5.41, 5.74) is 1.86. The predicted molar refractivity (Wildman–Crippen MR) is 54.9 cm³/mol. The van der Waals surface area contributed by atoms with Gasteiger partial charge in [-0.1, -0.05) is 0 Å². The molecule has 0 unspecified atom stereocenters. The summed E-state index contributed by atoms with van der Waals surface area (Å²) >= 11 is 0. The molecule has 1 aromatic heterocycles. The van der Waals surface area contributed by atoms with E-state index in [1.165, 1.54) is 13.2 Å². The maximum absolute atomic E-state index is 13.4.